The number of fused-ring (bicyclic) bond motifs is 2. The molecule has 5 nitrogen and oxygen atoms in total. The van der Waals surface area contributed by atoms with Crippen LogP contribution in [0.3, 0.4) is 0 Å². The van der Waals surface area contributed by atoms with E-state index in [1.165, 1.54) is 0 Å². The minimum absolute atomic E-state index is 0.0638. The Hall–Kier alpha value is -1.85. The van der Waals surface area contributed by atoms with Gasteiger partial charge >= 0.3 is 0 Å². The first-order valence-electron chi connectivity index (χ1n) is 8.07. The Balaban J connectivity index is 1.59. The fourth-order valence-electron chi connectivity index (χ4n) is 3.65. The second-order valence-electron chi connectivity index (χ2n) is 6.26. The topological polar surface area (TPSA) is 61.0 Å². The summed E-state index contributed by atoms with van der Waals surface area (Å²) in [5.74, 6) is 0.0638. The van der Waals surface area contributed by atoms with E-state index in [2.05, 4.69) is 20.4 Å². The van der Waals surface area contributed by atoms with Gasteiger partial charge in [0.2, 0.25) is 0 Å². The minimum atomic E-state index is 0.0638. The molecule has 120 valence electrons. The molecule has 23 heavy (non-hydrogen) atoms. The number of carbonyl (C=O) groups excluding carboxylic acids is 1. The third-order valence-electron chi connectivity index (χ3n) is 4.84. The van der Waals surface area contributed by atoms with Crippen LogP contribution in [0.2, 0.25) is 5.02 Å². The van der Waals surface area contributed by atoms with Gasteiger partial charge in [-0.15, -0.1) is 0 Å². The molecule has 0 radical (unpaired) electrons. The van der Waals surface area contributed by atoms with Crippen LogP contribution in [0.25, 0.3) is 11.3 Å². The number of rotatable bonds is 2. The van der Waals surface area contributed by atoms with E-state index in [4.69, 9.17) is 11.6 Å². The molecular weight excluding hydrogens is 312 g/mol. The van der Waals surface area contributed by atoms with Crippen molar-refractivity contribution in [1.82, 2.24) is 20.4 Å². The molecule has 0 saturated carbocycles. The quantitative estimate of drug-likeness (QED) is 0.890. The van der Waals surface area contributed by atoms with E-state index in [1.807, 2.05) is 30.3 Å². The Bertz CT molecular complexity index is 698. The number of nitrogens with zero attached hydrogens (tertiary/aromatic N) is 2. The van der Waals surface area contributed by atoms with Crippen molar-refractivity contribution in [3.8, 4) is 11.3 Å². The number of aromatic nitrogens is 2. The fourth-order valence-corrected chi connectivity index (χ4v) is 3.78. The Labute approximate surface area is 140 Å². The molecule has 2 fully saturated rings. The Kier molecular flexibility index (Phi) is 3.83. The number of hydrogen-bond donors (Lipinski definition) is 2. The summed E-state index contributed by atoms with van der Waals surface area (Å²) >= 11 is 5.92. The van der Waals surface area contributed by atoms with Gasteiger partial charge in [0.1, 0.15) is 5.69 Å². The highest BCUT2D eigenvalue weighted by molar-refractivity contribution is 6.30. The average Bonchev–Trinajstić information content (AvgIpc) is 3.11. The lowest BCUT2D eigenvalue weighted by molar-refractivity contribution is 0.0674. The molecular formula is C17H19ClN4O. The van der Waals surface area contributed by atoms with E-state index in [0.717, 1.165) is 43.6 Å². The second-order valence-corrected chi connectivity index (χ2v) is 6.70. The summed E-state index contributed by atoms with van der Waals surface area (Å²) in [5.41, 5.74) is 2.28. The number of aromatic amines is 1. The van der Waals surface area contributed by atoms with E-state index in [9.17, 15) is 4.79 Å². The van der Waals surface area contributed by atoms with Crippen LogP contribution in [0.4, 0.5) is 0 Å². The zero-order valence-corrected chi connectivity index (χ0v) is 13.5. The Morgan fingerprint density at radius 2 is 1.96 bits per heavy atom. The van der Waals surface area contributed by atoms with Crippen LogP contribution in [0, 0.1) is 0 Å². The molecule has 4 rings (SSSR count). The lowest BCUT2D eigenvalue weighted by atomic mass is 10.1. The summed E-state index contributed by atoms with van der Waals surface area (Å²) in [6.07, 6.45) is 3.22. The molecule has 0 aliphatic carbocycles. The zero-order chi connectivity index (χ0) is 15.8. The van der Waals surface area contributed by atoms with Gasteiger partial charge in [-0.25, -0.2) is 0 Å². The van der Waals surface area contributed by atoms with Gasteiger partial charge in [-0.1, -0.05) is 23.7 Å². The molecule has 2 atom stereocenters. The number of nitrogens with one attached hydrogen (secondary N) is 2. The average molecular weight is 331 g/mol. The van der Waals surface area contributed by atoms with Gasteiger partial charge in [0, 0.05) is 29.2 Å². The predicted octanol–water partition coefficient (Wildman–Crippen LogP) is 2.70. The Morgan fingerprint density at radius 3 is 2.78 bits per heavy atom. The van der Waals surface area contributed by atoms with Crippen LogP contribution in [0.1, 0.15) is 29.8 Å². The molecule has 1 amide bonds. The van der Waals surface area contributed by atoms with Gasteiger partial charge in [-0.3, -0.25) is 9.89 Å². The van der Waals surface area contributed by atoms with Crippen molar-refractivity contribution >= 4 is 17.5 Å². The summed E-state index contributed by atoms with van der Waals surface area (Å²) in [5, 5.41) is 11.3. The number of amides is 1. The van der Waals surface area contributed by atoms with Crippen LogP contribution in [-0.2, 0) is 0 Å². The highest BCUT2D eigenvalue weighted by Gasteiger charge is 2.38. The van der Waals surface area contributed by atoms with Gasteiger partial charge < -0.3 is 10.2 Å². The second kappa shape index (κ2) is 5.98. The summed E-state index contributed by atoms with van der Waals surface area (Å²) < 4.78 is 0. The van der Waals surface area contributed by atoms with E-state index >= 15 is 0 Å². The molecule has 2 aliphatic heterocycles. The number of halogens is 1. The first-order valence-corrected chi connectivity index (χ1v) is 8.45. The summed E-state index contributed by atoms with van der Waals surface area (Å²) in [6.45, 7) is 1.88. The molecule has 2 unspecified atom stereocenters. The molecule has 2 aromatic rings. The molecule has 2 bridgehead atoms. The molecule has 0 spiro atoms. The van der Waals surface area contributed by atoms with Gasteiger partial charge in [0.25, 0.3) is 5.91 Å². The smallest absolute Gasteiger partial charge is 0.272 e. The lowest BCUT2D eigenvalue weighted by Gasteiger charge is -2.27. The van der Waals surface area contributed by atoms with Crippen molar-refractivity contribution in [2.24, 2.45) is 0 Å². The zero-order valence-electron chi connectivity index (χ0n) is 12.8. The van der Waals surface area contributed by atoms with E-state index in [1.54, 1.807) is 0 Å². The molecule has 3 heterocycles. The maximum Gasteiger partial charge on any atom is 0.272 e. The van der Waals surface area contributed by atoms with Gasteiger partial charge in [-0.2, -0.15) is 5.10 Å². The normalized spacial score (nSPS) is 23.8. The third-order valence-corrected chi connectivity index (χ3v) is 5.09. The number of carbonyl (C=O) groups is 1. The molecule has 1 aromatic heterocycles. The lowest BCUT2D eigenvalue weighted by Crippen LogP contribution is -2.42. The van der Waals surface area contributed by atoms with Crippen molar-refractivity contribution in [2.75, 3.05) is 13.1 Å². The summed E-state index contributed by atoms with van der Waals surface area (Å²) in [6, 6.07) is 9.96. The fraction of sp³-hybridized carbons (Fsp3) is 0.412. The first kappa shape index (κ1) is 14.7. The van der Waals surface area contributed by atoms with Crippen LogP contribution >= 0.6 is 11.6 Å². The van der Waals surface area contributed by atoms with Gasteiger partial charge in [0.15, 0.2) is 0 Å². The third kappa shape index (κ3) is 2.75. The maximum absolute atomic E-state index is 12.9. The van der Waals surface area contributed by atoms with E-state index in [0.29, 0.717) is 22.8 Å². The molecule has 2 saturated heterocycles. The van der Waals surface area contributed by atoms with Crippen LogP contribution in [0.15, 0.2) is 30.3 Å². The van der Waals surface area contributed by atoms with E-state index in [-0.39, 0.29) is 5.91 Å². The molecule has 2 aliphatic rings. The highest BCUT2D eigenvalue weighted by atomic mass is 35.5. The molecule has 6 heteroatoms. The maximum atomic E-state index is 12.9. The van der Waals surface area contributed by atoms with Crippen LogP contribution in [0.5, 0.6) is 0 Å². The largest absolute Gasteiger partial charge is 0.330 e. The van der Waals surface area contributed by atoms with Gasteiger partial charge in [0.05, 0.1) is 5.69 Å². The van der Waals surface area contributed by atoms with Crippen molar-refractivity contribution < 1.29 is 4.79 Å². The highest BCUT2D eigenvalue weighted by Crippen LogP contribution is 2.30. The number of hydrogen-bond acceptors (Lipinski definition) is 3. The summed E-state index contributed by atoms with van der Waals surface area (Å²) in [4.78, 5) is 15.0. The predicted molar refractivity (Wildman–Crippen MR) is 89.5 cm³/mol. The number of benzene rings is 1. The van der Waals surface area contributed by atoms with Crippen molar-refractivity contribution in [3.05, 3.63) is 41.0 Å². The van der Waals surface area contributed by atoms with Crippen molar-refractivity contribution in [3.63, 3.8) is 0 Å². The Morgan fingerprint density at radius 1 is 1.17 bits per heavy atom. The molecule has 2 N–H and O–H groups in total. The van der Waals surface area contributed by atoms with Gasteiger partial charge in [-0.05, 0) is 44.0 Å². The number of H-pyrrole nitrogens is 1. The molecule has 1 aromatic carbocycles. The monoisotopic (exact) mass is 330 g/mol. The van der Waals surface area contributed by atoms with E-state index < -0.39 is 0 Å². The standard InChI is InChI=1S/C17H19ClN4O/c18-12-3-1-11(2-4-12)15-9-16(21-20-15)17(23)22-13-5-6-14(22)10-19-8-7-13/h1-4,9,13-14,19H,5-8,10H2,(H,20,21). The SMILES string of the molecule is O=C(c1cc(-c2ccc(Cl)cc2)n[nH]1)N1C2CCNCC1CC2. The van der Waals surface area contributed by atoms with Crippen LogP contribution in [-0.4, -0.2) is 46.2 Å². The van der Waals surface area contributed by atoms with Crippen LogP contribution < -0.4 is 5.32 Å². The van der Waals surface area contributed by atoms with Crippen molar-refractivity contribution in [1.29, 1.82) is 0 Å². The van der Waals surface area contributed by atoms with Crippen molar-refractivity contribution in [2.45, 2.75) is 31.3 Å². The summed E-state index contributed by atoms with van der Waals surface area (Å²) in [7, 11) is 0. The first-order chi connectivity index (χ1) is 11.2. The minimum Gasteiger partial charge on any atom is -0.330 e.